The third kappa shape index (κ3) is 9.47. The van der Waals surface area contributed by atoms with Gasteiger partial charge in [0.05, 0.1) is 7.11 Å². The molecular weight excluding hydrogens is 330 g/mol. The molecule has 2 amide bonds. The summed E-state index contributed by atoms with van der Waals surface area (Å²) in [5.74, 6) is -3.25. The Morgan fingerprint density at radius 2 is 2.00 bits per heavy atom. The van der Waals surface area contributed by atoms with E-state index in [1.54, 1.807) is 0 Å². The molecule has 0 aromatic rings. The number of hydrogen-bond donors (Lipinski definition) is 4. The number of thioether (sulfide) groups is 1. The minimum absolute atomic E-state index is 0.0167. The fourth-order valence-corrected chi connectivity index (χ4v) is 1.93. The molecule has 0 aromatic carbocycles. The normalized spacial score (nSPS) is 12.6. The van der Waals surface area contributed by atoms with Crippen LogP contribution in [0.5, 0.6) is 0 Å². The summed E-state index contributed by atoms with van der Waals surface area (Å²) < 4.78 is 4.41. The number of carboxylic acids is 1. The number of amides is 2. The second-order valence-corrected chi connectivity index (χ2v) is 5.19. The van der Waals surface area contributed by atoms with Gasteiger partial charge < -0.3 is 26.2 Å². The predicted molar refractivity (Wildman–Crippen MR) is 81.0 cm³/mol. The Bertz CT molecular complexity index is 458. The number of carbonyl (C=O) groups excluding carboxylic acids is 4. The lowest BCUT2D eigenvalue weighted by molar-refractivity contribution is -0.142. The molecule has 0 aliphatic rings. The van der Waals surface area contributed by atoms with E-state index in [0.29, 0.717) is 5.62 Å². The summed E-state index contributed by atoms with van der Waals surface area (Å²) in [6.07, 6.45) is -0.118. The maximum Gasteiger partial charge on any atom is 0.322 e. The summed E-state index contributed by atoms with van der Waals surface area (Å²) in [4.78, 5) is 55.4. The molecule has 0 saturated carbocycles. The standard InChI is InChI=1S/C12H19N3O7S/c1-22-12(21)7(13)2-3-9(17)15-8(5-23-6-16)11(20)14-4-10(18)19/h6-8H,2-5,13H2,1H3,(H,14,20)(H,15,17)(H,18,19). The van der Waals surface area contributed by atoms with Gasteiger partial charge in [0.2, 0.25) is 11.8 Å². The van der Waals surface area contributed by atoms with E-state index in [2.05, 4.69) is 15.4 Å². The number of rotatable bonds is 11. The Labute approximate surface area is 136 Å². The van der Waals surface area contributed by atoms with Crippen LogP contribution in [-0.4, -0.2) is 66.0 Å². The fraction of sp³-hybridized carbons (Fsp3) is 0.583. The summed E-state index contributed by atoms with van der Waals surface area (Å²) in [6, 6.07) is -2.04. The molecule has 0 spiro atoms. The zero-order valence-electron chi connectivity index (χ0n) is 12.4. The van der Waals surface area contributed by atoms with Gasteiger partial charge in [0.25, 0.3) is 0 Å². The van der Waals surface area contributed by atoms with Crippen molar-refractivity contribution in [2.45, 2.75) is 24.9 Å². The molecule has 0 saturated heterocycles. The van der Waals surface area contributed by atoms with Gasteiger partial charge in [0, 0.05) is 12.2 Å². The van der Waals surface area contributed by atoms with E-state index in [9.17, 15) is 24.0 Å². The summed E-state index contributed by atoms with van der Waals surface area (Å²) in [5, 5.41) is 13.0. The van der Waals surface area contributed by atoms with Crippen molar-refractivity contribution in [2.75, 3.05) is 19.4 Å². The van der Waals surface area contributed by atoms with Crippen LogP contribution in [0, 0.1) is 0 Å². The van der Waals surface area contributed by atoms with E-state index in [1.807, 2.05) is 0 Å². The van der Waals surface area contributed by atoms with Crippen LogP contribution in [0.15, 0.2) is 0 Å². The van der Waals surface area contributed by atoms with E-state index < -0.39 is 42.4 Å². The average Bonchev–Trinajstić information content (AvgIpc) is 2.53. The molecule has 0 fully saturated rings. The molecule has 0 aliphatic carbocycles. The van der Waals surface area contributed by atoms with Crippen molar-refractivity contribution in [3.05, 3.63) is 0 Å². The van der Waals surface area contributed by atoms with Gasteiger partial charge in [-0.1, -0.05) is 11.8 Å². The first-order chi connectivity index (χ1) is 10.8. The van der Waals surface area contributed by atoms with Crippen LogP contribution >= 0.6 is 11.8 Å². The van der Waals surface area contributed by atoms with Gasteiger partial charge >= 0.3 is 11.9 Å². The molecule has 130 valence electrons. The summed E-state index contributed by atoms with van der Waals surface area (Å²) in [5.41, 5.74) is 5.98. The third-order valence-corrected chi connectivity index (χ3v) is 3.24. The molecule has 0 bridgehead atoms. The smallest absolute Gasteiger partial charge is 0.322 e. The number of methoxy groups -OCH3 is 1. The maximum absolute atomic E-state index is 11.8. The number of nitrogens with one attached hydrogen (secondary N) is 2. The zero-order chi connectivity index (χ0) is 17.8. The SMILES string of the molecule is COC(=O)C(N)CCC(=O)NC(CSC=O)C(=O)NCC(=O)O. The van der Waals surface area contributed by atoms with Crippen LogP contribution in [0.2, 0.25) is 0 Å². The average molecular weight is 349 g/mol. The van der Waals surface area contributed by atoms with Crippen LogP contribution < -0.4 is 16.4 Å². The van der Waals surface area contributed by atoms with Gasteiger partial charge in [0.1, 0.15) is 18.6 Å². The molecule has 23 heavy (non-hydrogen) atoms. The highest BCUT2D eigenvalue weighted by molar-refractivity contribution is 8.11. The largest absolute Gasteiger partial charge is 0.480 e. The minimum Gasteiger partial charge on any atom is -0.480 e. The van der Waals surface area contributed by atoms with Gasteiger partial charge in [-0.2, -0.15) is 0 Å². The van der Waals surface area contributed by atoms with E-state index in [1.165, 1.54) is 7.11 Å². The van der Waals surface area contributed by atoms with E-state index in [0.717, 1.165) is 11.8 Å². The molecular formula is C12H19N3O7S. The number of ether oxygens (including phenoxy) is 1. The summed E-state index contributed by atoms with van der Waals surface area (Å²) in [6.45, 7) is -0.607. The highest BCUT2D eigenvalue weighted by Gasteiger charge is 2.22. The number of esters is 1. The Balaban J connectivity index is 4.47. The van der Waals surface area contributed by atoms with E-state index in [4.69, 9.17) is 10.8 Å². The molecule has 10 nitrogen and oxygen atoms in total. The molecule has 2 atom stereocenters. The molecule has 0 heterocycles. The lowest BCUT2D eigenvalue weighted by Gasteiger charge is -2.17. The highest BCUT2D eigenvalue weighted by atomic mass is 32.2. The van der Waals surface area contributed by atoms with Crippen LogP contribution in [0.4, 0.5) is 0 Å². The summed E-state index contributed by atoms with van der Waals surface area (Å²) in [7, 11) is 1.17. The van der Waals surface area contributed by atoms with Crippen molar-refractivity contribution in [3.8, 4) is 0 Å². The molecule has 5 N–H and O–H groups in total. The number of aliphatic carboxylic acids is 1. The number of hydrogen-bond acceptors (Lipinski definition) is 8. The Hall–Kier alpha value is -2.14. The quantitative estimate of drug-likeness (QED) is 0.241. The summed E-state index contributed by atoms with van der Waals surface area (Å²) >= 11 is 0.751. The van der Waals surface area contributed by atoms with E-state index in [-0.39, 0.29) is 18.6 Å². The number of nitrogens with two attached hydrogens (primary N) is 1. The third-order valence-electron chi connectivity index (χ3n) is 2.58. The van der Waals surface area contributed by atoms with Crippen molar-refractivity contribution in [1.29, 1.82) is 0 Å². The minimum atomic E-state index is -1.24. The maximum atomic E-state index is 11.8. The van der Waals surface area contributed by atoms with Crippen molar-refractivity contribution in [1.82, 2.24) is 10.6 Å². The first-order valence-electron chi connectivity index (χ1n) is 6.49. The molecule has 11 heteroatoms. The monoisotopic (exact) mass is 349 g/mol. The topological polar surface area (TPSA) is 165 Å². The van der Waals surface area contributed by atoms with Crippen LogP contribution in [-0.2, 0) is 28.7 Å². The van der Waals surface area contributed by atoms with Crippen molar-refractivity contribution >= 4 is 41.1 Å². The van der Waals surface area contributed by atoms with Crippen LogP contribution in [0.3, 0.4) is 0 Å². The molecule has 0 radical (unpaired) electrons. The van der Waals surface area contributed by atoms with Crippen LogP contribution in [0.25, 0.3) is 0 Å². The fourth-order valence-electron chi connectivity index (χ4n) is 1.43. The Morgan fingerprint density at radius 3 is 2.52 bits per heavy atom. The number of carbonyl (C=O) groups is 5. The highest BCUT2D eigenvalue weighted by Crippen LogP contribution is 2.02. The predicted octanol–water partition coefficient (Wildman–Crippen LogP) is -2.12. The van der Waals surface area contributed by atoms with Gasteiger partial charge in [-0.15, -0.1) is 0 Å². The van der Waals surface area contributed by atoms with Gasteiger partial charge in [-0.25, -0.2) is 0 Å². The number of carboxylic acid groups (broad SMARTS) is 1. The van der Waals surface area contributed by atoms with Crippen molar-refractivity contribution in [2.24, 2.45) is 5.73 Å². The first-order valence-corrected chi connectivity index (χ1v) is 7.54. The van der Waals surface area contributed by atoms with Gasteiger partial charge in [-0.05, 0) is 6.42 Å². The first kappa shape index (κ1) is 20.9. The van der Waals surface area contributed by atoms with Crippen molar-refractivity contribution < 1.29 is 33.8 Å². The molecule has 2 unspecified atom stereocenters. The molecule has 0 aromatic heterocycles. The van der Waals surface area contributed by atoms with Gasteiger partial charge in [0.15, 0.2) is 5.62 Å². The lowest BCUT2D eigenvalue weighted by Crippen LogP contribution is -2.49. The lowest BCUT2D eigenvalue weighted by atomic mass is 10.1. The second kappa shape index (κ2) is 11.4. The van der Waals surface area contributed by atoms with Gasteiger partial charge in [-0.3, -0.25) is 24.0 Å². The van der Waals surface area contributed by atoms with E-state index >= 15 is 0 Å². The Morgan fingerprint density at radius 1 is 1.35 bits per heavy atom. The zero-order valence-corrected chi connectivity index (χ0v) is 13.3. The Kier molecular flexibility index (Phi) is 10.4. The van der Waals surface area contributed by atoms with Crippen LogP contribution in [0.1, 0.15) is 12.8 Å². The molecule has 0 aliphatic heterocycles. The second-order valence-electron chi connectivity index (χ2n) is 4.33. The molecule has 0 rings (SSSR count). The van der Waals surface area contributed by atoms with Crippen molar-refractivity contribution in [3.63, 3.8) is 0 Å².